The van der Waals surface area contributed by atoms with E-state index < -0.39 is 16.4 Å². The zero-order chi connectivity index (χ0) is 27.0. The third kappa shape index (κ3) is 2.64. The first-order valence-electron chi connectivity index (χ1n) is 14.6. The lowest BCUT2D eigenvalue weighted by Crippen LogP contribution is -2.74. The smallest absolute Gasteiger partial charge is 0.178 e. The Labute approximate surface area is 222 Å². The molecule has 1 heterocycles. The van der Waals surface area contributed by atoms with Crippen molar-refractivity contribution in [2.75, 3.05) is 6.61 Å². The van der Waals surface area contributed by atoms with Crippen molar-refractivity contribution in [1.29, 1.82) is 5.26 Å². The monoisotopic (exact) mass is 507 g/mol. The molecule has 5 aliphatic carbocycles. The highest BCUT2D eigenvalue weighted by molar-refractivity contribution is 6.04. The molecule has 0 aromatic rings. The SMILES string of the molecule is CC1(C)CCC23CC[C@]4(C)C(OC2CO)(C(=O)C[C@@H]2[C@@]5(C)C=C(C#N)C(=O)C(C)(C)[C@@H]5CC[C@]24C)C3C1. The van der Waals surface area contributed by atoms with E-state index in [-0.39, 0.29) is 69.3 Å². The van der Waals surface area contributed by atoms with Crippen LogP contribution in [0, 0.1) is 61.6 Å². The molecule has 5 fully saturated rings. The summed E-state index contributed by atoms with van der Waals surface area (Å²) in [6, 6.07) is 2.21. The van der Waals surface area contributed by atoms with Crippen LogP contribution in [0.3, 0.4) is 0 Å². The van der Waals surface area contributed by atoms with Crippen LogP contribution in [-0.2, 0) is 14.3 Å². The standard InChI is InChI=1S/C32H45NO4/c1-26(2)10-12-31-13-11-30(7)29(6)9-8-20-27(3,4)25(36)19(17-33)15-28(20,5)21(29)14-23(35)32(30,22(31)16-26)37-24(31)18-34/h15,20-22,24,34H,8-14,16,18H2,1-7H3/t20-,21+,22?,24?,28-,29+,30-,31?,32?/m0/s1. The number of nitriles is 1. The fraction of sp³-hybridized carbons (Fsp3) is 0.844. The molecule has 4 saturated carbocycles. The topological polar surface area (TPSA) is 87.4 Å². The molecular formula is C32H45NO4. The molecule has 2 bridgehead atoms. The molecule has 5 nitrogen and oxygen atoms in total. The number of ketones is 2. The highest BCUT2D eigenvalue weighted by Crippen LogP contribution is 2.80. The molecule has 1 N–H and O–H groups in total. The number of fused-ring (bicyclic) bond motifs is 4. The lowest BCUT2D eigenvalue weighted by molar-refractivity contribution is -0.257. The van der Waals surface area contributed by atoms with Crippen LogP contribution in [0.1, 0.15) is 99.8 Å². The van der Waals surface area contributed by atoms with E-state index >= 15 is 0 Å². The molecule has 4 unspecified atom stereocenters. The van der Waals surface area contributed by atoms with E-state index in [4.69, 9.17) is 4.74 Å². The number of aliphatic hydroxyl groups is 1. The number of carbonyl (C=O) groups excluding carboxylic acids is 2. The summed E-state index contributed by atoms with van der Waals surface area (Å²) in [6.07, 6.45) is 8.98. The summed E-state index contributed by atoms with van der Waals surface area (Å²) in [7, 11) is 0. The van der Waals surface area contributed by atoms with Gasteiger partial charge in [-0.3, -0.25) is 9.59 Å². The van der Waals surface area contributed by atoms with Crippen LogP contribution in [0.15, 0.2) is 11.6 Å². The van der Waals surface area contributed by atoms with Gasteiger partial charge in [0.1, 0.15) is 11.7 Å². The van der Waals surface area contributed by atoms with Gasteiger partial charge in [-0.1, -0.05) is 54.5 Å². The van der Waals surface area contributed by atoms with Gasteiger partial charge >= 0.3 is 0 Å². The fourth-order valence-electron chi connectivity index (χ4n) is 11.7. The van der Waals surface area contributed by atoms with Gasteiger partial charge in [-0.2, -0.15) is 5.26 Å². The van der Waals surface area contributed by atoms with Gasteiger partial charge in [0, 0.05) is 28.6 Å². The van der Waals surface area contributed by atoms with E-state index in [0.29, 0.717) is 6.42 Å². The third-order valence-corrected chi connectivity index (χ3v) is 13.8. The molecule has 1 spiro atoms. The predicted octanol–water partition coefficient (Wildman–Crippen LogP) is 5.80. The second kappa shape index (κ2) is 7.16. The van der Waals surface area contributed by atoms with Gasteiger partial charge in [0.25, 0.3) is 0 Å². The maximum absolute atomic E-state index is 14.8. The number of carbonyl (C=O) groups is 2. The van der Waals surface area contributed by atoms with Gasteiger partial charge in [0.05, 0.1) is 18.3 Å². The second-order valence-electron chi connectivity index (χ2n) is 15.8. The van der Waals surface area contributed by atoms with Gasteiger partial charge in [-0.25, -0.2) is 0 Å². The van der Waals surface area contributed by atoms with Crippen LogP contribution < -0.4 is 0 Å². The second-order valence-corrected chi connectivity index (χ2v) is 15.8. The summed E-state index contributed by atoms with van der Waals surface area (Å²) in [5.74, 6) is 0.425. The van der Waals surface area contributed by atoms with Crippen molar-refractivity contribution in [3.63, 3.8) is 0 Å². The Morgan fingerprint density at radius 3 is 2.30 bits per heavy atom. The molecule has 0 aromatic carbocycles. The van der Waals surface area contributed by atoms with Crippen molar-refractivity contribution in [3.8, 4) is 6.07 Å². The number of aliphatic hydroxyl groups excluding tert-OH is 1. The molecule has 37 heavy (non-hydrogen) atoms. The minimum Gasteiger partial charge on any atom is -0.394 e. The Bertz CT molecular complexity index is 1160. The molecule has 0 amide bonds. The molecule has 202 valence electrons. The van der Waals surface area contributed by atoms with Crippen molar-refractivity contribution in [2.45, 2.75) is 112 Å². The number of Topliss-reactive ketones (excluding diaryl/α,β-unsaturated/α-hetero) is 2. The number of ether oxygens (including phenoxy) is 1. The quantitative estimate of drug-likeness (QED) is 0.485. The minimum atomic E-state index is -0.868. The van der Waals surface area contributed by atoms with E-state index in [0.717, 1.165) is 44.9 Å². The Hall–Kier alpha value is -1.51. The number of hydrogen-bond donors (Lipinski definition) is 1. The van der Waals surface area contributed by atoms with Crippen LogP contribution >= 0.6 is 0 Å². The lowest BCUT2D eigenvalue weighted by Gasteiger charge is -2.72. The van der Waals surface area contributed by atoms with Gasteiger partial charge in [-0.05, 0) is 73.0 Å². The van der Waals surface area contributed by atoms with E-state index in [2.05, 4.69) is 40.7 Å². The summed E-state index contributed by atoms with van der Waals surface area (Å²) in [5, 5.41) is 20.5. The van der Waals surface area contributed by atoms with Gasteiger partial charge in [0.15, 0.2) is 11.6 Å². The van der Waals surface area contributed by atoms with Gasteiger partial charge in [-0.15, -0.1) is 0 Å². The Kier molecular flexibility index (Phi) is 4.98. The zero-order valence-electron chi connectivity index (χ0n) is 23.9. The van der Waals surface area contributed by atoms with Crippen LogP contribution in [0.5, 0.6) is 0 Å². The molecule has 0 radical (unpaired) electrons. The first-order valence-corrected chi connectivity index (χ1v) is 14.6. The van der Waals surface area contributed by atoms with E-state index in [1.54, 1.807) is 0 Å². The number of nitrogens with zero attached hydrogens (tertiary/aromatic N) is 1. The van der Waals surface area contributed by atoms with Crippen molar-refractivity contribution in [1.82, 2.24) is 0 Å². The van der Waals surface area contributed by atoms with Crippen LogP contribution in [0.25, 0.3) is 0 Å². The predicted molar refractivity (Wildman–Crippen MR) is 140 cm³/mol. The van der Waals surface area contributed by atoms with Crippen LogP contribution in [0.2, 0.25) is 0 Å². The van der Waals surface area contributed by atoms with Crippen molar-refractivity contribution < 1.29 is 19.4 Å². The average Bonchev–Trinajstić information content (AvgIpc) is 3.04. The maximum Gasteiger partial charge on any atom is 0.178 e. The van der Waals surface area contributed by atoms with Gasteiger partial charge < -0.3 is 9.84 Å². The fourth-order valence-corrected chi connectivity index (χ4v) is 11.7. The zero-order valence-corrected chi connectivity index (χ0v) is 23.9. The number of hydrogen-bond acceptors (Lipinski definition) is 5. The molecule has 0 aromatic heterocycles. The first kappa shape index (κ1) is 25.8. The van der Waals surface area contributed by atoms with Crippen LogP contribution in [-0.4, -0.2) is 35.0 Å². The molecule has 1 aliphatic heterocycles. The summed E-state index contributed by atoms with van der Waals surface area (Å²) >= 11 is 0. The summed E-state index contributed by atoms with van der Waals surface area (Å²) in [6.45, 7) is 15.6. The Balaban J connectivity index is 1.54. The van der Waals surface area contributed by atoms with Crippen LogP contribution in [0.4, 0.5) is 0 Å². The molecular weight excluding hydrogens is 462 g/mol. The third-order valence-electron chi connectivity index (χ3n) is 13.8. The molecule has 6 rings (SSSR count). The number of allylic oxidation sites excluding steroid dienone is 2. The van der Waals surface area contributed by atoms with Gasteiger partial charge in [0.2, 0.25) is 0 Å². The Morgan fingerprint density at radius 2 is 1.65 bits per heavy atom. The molecule has 5 heteroatoms. The minimum absolute atomic E-state index is 0.0213. The summed E-state index contributed by atoms with van der Waals surface area (Å²) in [4.78, 5) is 28.0. The molecule has 9 atom stereocenters. The highest BCUT2D eigenvalue weighted by Gasteiger charge is 2.82. The summed E-state index contributed by atoms with van der Waals surface area (Å²) in [5.41, 5.74) is -2.17. The first-order chi connectivity index (χ1) is 17.1. The molecule has 6 aliphatic rings. The normalized spacial score (nSPS) is 53.2. The van der Waals surface area contributed by atoms with Crippen molar-refractivity contribution in [3.05, 3.63) is 11.6 Å². The average molecular weight is 508 g/mol. The lowest BCUT2D eigenvalue weighted by atomic mass is 9.31. The van der Waals surface area contributed by atoms with Crippen molar-refractivity contribution >= 4 is 11.6 Å². The van der Waals surface area contributed by atoms with E-state index in [1.807, 2.05) is 19.9 Å². The number of rotatable bonds is 1. The summed E-state index contributed by atoms with van der Waals surface area (Å²) < 4.78 is 7.03. The van der Waals surface area contributed by atoms with E-state index in [1.165, 1.54) is 0 Å². The largest absolute Gasteiger partial charge is 0.394 e. The Morgan fingerprint density at radius 1 is 0.973 bits per heavy atom. The highest BCUT2D eigenvalue weighted by atomic mass is 16.5. The maximum atomic E-state index is 14.8. The molecule has 1 saturated heterocycles. The van der Waals surface area contributed by atoms with E-state index in [9.17, 15) is 20.0 Å². The van der Waals surface area contributed by atoms with Crippen molar-refractivity contribution in [2.24, 2.45) is 50.2 Å².